The van der Waals surface area contributed by atoms with Crippen LogP contribution < -0.4 is 24.2 Å². The molecular weight excluding hydrogens is 372 g/mol. The van der Waals surface area contributed by atoms with Gasteiger partial charge in [0.1, 0.15) is 19.0 Å². The SMILES string of the molecule is CNC(=O)[C@H](C)Oc1ccc(S(=O)(=O)Nc2ccc3c(c2)OCCO3)cc1. The lowest BCUT2D eigenvalue weighted by atomic mass is 10.3. The number of amides is 1. The first-order chi connectivity index (χ1) is 12.9. The Morgan fingerprint density at radius 3 is 2.41 bits per heavy atom. The zero-order valence-corrected chi connectivity index (χ0v) is 15.7. The van der Waals surface area contributed by atoms with Crippen molar-refractivity contribution in [2.45, 2.75) is 17.9 Å². The van der Waals surface area contributed by atoms with Crippen LogP contribution in [-0.4, -0.2) is 40.7 Å². The molecule has 1 atom stereocenters. The molecule has 2 N–H and O–H groups in total. The molecule has 0 aliphatic carbocycles. The highest BCUT2D eigenvalue weighted by atomic mass is 32.2. The molecule has 2 aromatic carbocycles. The van der Waals surface area contributed by atoms with E-state index >= 15 is 0 Å². The van der Waals surface area contributed by atoms with E-state index in [0.29, 0.717) is 36.1 Å². The molecule has 3 rings (SSSR count). The van der Waals surface area contributed by atoms with Crippen molar-refractivity contribution in [2.75, 3.05) is 25.0 Å². The molecule has 1 aliphatic rings. The maximum Gasteiger partial charge on any atom is 0.261 e. The van der Waals surface area contributed by atoms with Gasteiger partial charge in [-0.05, 0) is 43.3 Å². The summed E-state index contributed by atoms with van der Waals surface area (Å²) in [5, 5.41) is 2.48. The van der Waals surface area contributed by atoms with Gasteiger partial charge in [-0.2, -0.15) is 0 Å². The van der Waals surface area contributed by atoms with Gasteiger partial charge in [-0.1, -0.05) is 0 Å². The monoisotopic (exact) mass is 392 g/mol. The summed E-state index contributed by atoms with van der Waals surface area (Å²) in [6.45, 7) is 2.48. The molecule has 0 fully saturated rings. The molecule has 9 heteroatoms. The first-order valence-corrected chi connectivity index (χ1v) is 9.78. The zero-order chi connectivity index (χ0) is 19.4. The number of hydrogen-bond donors (Lipinski definition) is 2. The predicted octanol–water partition coefficient (Wildman–Crippen LogP) is 1.77. The Kier molecular flexibility index (Phi) is 5.41. The van der Waals surface area contributed by atoms with Crippen LogP contribution in [0.15, 0.2) is 47.4 Å². The maximum atomic E-state index is 12.6. The lowest BCUT2D eigenvalue weighted by molar-refractivity contribution is -0.126. The van der Waals surface area contributed by atoms with Crippen LogP contribution in [0.3, 0.4) is 0 Å². The van der Waals surface area contributed by atoms with E-state index < -0.39 is 16.1 Å². The van der Waals surface area contributed by atoms with Crippen LogP contribution in [0.4, 0.5) is 5.69 Å². The summed E-state index contributed by atoms with van der Waals surface area (Å²) >= 11 is 0. The Labute approximate surface area is 157 Å². The zero-order valence-electron chi connectivity index (χ0n) is 14.9. The number of rotatable bonds is 6. The Balaban J connectivity index is 1.72. The van der Waals surface area contributed by atoms with Gasteiger partial charge >= 0.3 is 0 Å². The highest BCUT2D eigenvalue weighted by Crippen LogP contribution is 2.33. The van der Waals surface area contributed by atoms with Crippen LogP contribution in [0.1, 0.15) is 6.92 Å². The number of nitrogens with one attached hydrogen (secondary N) is 2. The number of carbonyl (C=O) groups is 1. The number of carbonyl (C=O) groups excluding carboxylic acids is 1. The van der Waals surface area contributed by atoms with E-state index in [1.165, 1.54) is 31.3 Å². The first kappa shape index (κ1) is 18.8. The second-order valence-electron chi connectivity index (χ2n) is 5.81. The molecule has 144 valence electrons. The summed E-state index contributed by atoms with van der Waals surface area (Å²) in [7, 11) is -2.27. The van der Waals surface area contributed by atoms with Gasteiger partial charge < -0.3 is 19.5 Å². The fourth-order valence-corrected chi connectivity index (χ4v) is 3.53. The summed E-state index contributed by atoms with van der Waals surface area (Å²) in [6.07, 6.45) is -0.687. The fraction of sp³-hybridized carbons (Fsp3) is 0.278. The van der Waals surface area contributed by atoms with Crippen molar-refractivity contribution in [3.8, 4) is 17.2 Å². The summed E-state index contributed by atoms with van der Waals surface area (Å²) in [4.78, 5) is 11.6. The van der Waals surface area contributed by atoms with Gasteiger partial charge in [-0.3, -0.25) is 9.52 Å². The van der Waals surface area contributed by atoms with Gasteiger partial charge in [-0.15, -0.1) is 0 Å². The van der Waals surface area contributed by atoms with Gasteiger partial charge in [0.05, 0.1) is 10.6 Å². The molecule has 0 saturated heterocycles. The quantitative estimate of drug-likeness (QED) is 0.777. The van der Waals surface area contributed by atoms with Crippen LogP contribution in [0.25, 0.3) is 0 Å². The number of ether oxygens (including phenoxy) is 3. The minimum atomic E-state index is -3.79. The van der Waals surface area contributed by atoms with Crippen molar-refractivity contribution in [2.24, 2.45) is 0 Å². The Hall–Kier alpha value is -2.94. The van der Waals surface area contributed by atoms with Gasteiger partial charge in [0.2, 0.25) is 0 Å². The largest absolute Gasteiger partial charge is 0.486 e. The molecule has 27 heavy (non-hydrogen) atoms. The maximum absolute atomic E-state index is 12.6. The van der Waals surface area contributed by atoms with Crippen molar-refractivity contribution < 1.29 is 27.4 Å². The summed E-state index contributed by atoms with van der Waals surface area (Å²) < 4.78 is 44.0. The number of benzene rings is 2. The molecule has 0 spiro atoms. The van der Waals surface area contributed by atoms with E-state index in [1.54, 1.807) is 25.1 Å². The van der Waals surface area contributed by atoms with E-state index in [9.17, 15) is 13.2 Å². The van der Waals surface area contributed by atoms with Gasteiger partial charge in [0.25, 0.3) is 15.9 Å². The molecule has 1 heterocycles. The van der Waals surface area contributed by atoms with Gasteiger partial charge in [0, 0.05) is 13.1 Å². The molecule has 0 aromatic heterocycles. The Morgan fingerprint density at radius 1 is 1.07 bits per heavy atom. The van der Waals surface area contributed by atoms with Crippen molar-refractivity contribution in [3.63, 3.8) is 0 Å². The summed E-state index contributed by atoms with van der Waals surface area (Å²) in [5.41, 5.74) is 0.368. The molecule has 0 radical (unpaired) electrons. The van der Waals surface area contributed by atoms with Gasteiger partial charge in [-0.25, -0.2) is 8.42 Å². The van der Waals surface area contributed by atoms with E-state index in [2.05, 4.69) is 10.0 Å². The molecule has 8 nitrogen and oxygen atoms in total. The molecule has 1 amide bonds. The second kappa shape index (κ2) is 7.75. The fourth-order valence-electron chi connectivity index (χ4n) is 2.48. The lowest BCUT2D eigenvalue weighted by Gasteiger charge is -2.19. The van der Waals surface area contributed by atoms with E-state index in [0.717, 1.165) is 0 Å². The standard InChI is InChI=1S/C18H20N2O6S/c1-12(18(21)19-2)26-14-4-6-15(7-5-14)27(22,23)20-13-3-8-16-17(11-13)25-10-9-24-16/h3-8,11-12,20H,9-10H2,1-2H3,(H,19,21)/t12-/m0/s1. The number of anilines is 1. The van der Waals surface area contributed by atoms with Crippen LogP contribution in [-0.2, 0) is 14.8 Å². The number of sulfonamides is 1. The third-order valence-corrected chi connectivity index (χ3v) is 5.25. The van der Waals surface area contributed by atoms with Gasteiger partial charge in [0.15, 0.2) is 17.6 Å². The first-order valence-electron chi connectivity index (χ1n) is 8.30. The highest BCUT2D eigenvalue weighted by Gasteiger charge is 2.18. The number of hydrogen-bond acceptors (Lipinski definition) is 6. The number of fused-ring (bicyclic) bond motifs is 1. The van der Waals surface area contributed by atoms with E-state index in [-0.39, 0.29) is 10.8 Å². The third kappa shape index (κ3) is 4.43. The van der Waals surface area contributed by atoms with Crippen LogP contribution >= 0.6 is 0 Å². The highest BCUT2D eigenvalue weighted by molar-refractivity contribution is 7.92. The molecule has 2 aromatic rings. The molecular formula is C18H20N2O6S. The van der Waals surface area contributed by atoms with Crippen molar-refractivity contribution in [1.82, 2.24) is 5.32 Å². The summed E-state index contributed by atoms with van der Waals surface area (Å²) in [5.74, 6) is 1.20. The average Bonchev–Trinajstić information content (AvgIpc) is 2.67. The smallest absolute Gasteiger partial charge is 0.261 e. The van der Waals surface area contributed by atoms with Crippen LogP contribution in [0, 0.1) is 0 Å². The normalized spacial score (nSPS) is 14.1. The molecule has 1 aliphatic heterocycles. The topological polar surface area (TPSA) is 103 Å². The minimum absolute atomic E-state index is 0.0670. The molecule has 0 saturated carbocycles. The van der Waals surface area contributed by atoms with Crippen LogP contribution in [0.2, 0.25) is 0 Å². The van der Waals surface area contributed by atoms with Crippen molar-refractivity contribution in [3.05, 3.63) is 42.5 Å². The minimum Gasteiger partial charge on any atom is -0.486 e. The lowest BCUT2D eigenvalue weighted by Crippen LogP contribution is -2.33. The predicted molar refractivity (Wildman–Crippen MR) is 98.8 cm³/mol. The molecule has 0 bridgehead atoms. The number of likely N-dealkylation sites (N-methyl/N-ethyl adjacent to an activating group) is 1. The van der Waals surface area contributed by atoms with E-state index in [1.807, 2.05) is 0 Å². The van der Waals surface area contributed by atoms with E-state index in [4.69, 9.17) is 14.2 Å². The Bertz CT molecular complexity index is 927. The van der Waals surface area contributed by atoms with Crippen molar-refractivity contribution >= 4 is 21.6 Å². The average molecular weight is 392 g/mol. The summed E-state index contributed by atoms with van der Waals surface area (Å²) in [6, 6.07) is 10.7. The Morgan fingerprint density at radius 2 is 1.74 bits per heavy atom. The van der Waals surface area contributed by atoms with Crippen molar-refractivity contribution in [1.29, 1.82) is 0 Å². The van der Waals surface area contributed by atoms with Crippen LogP contribution in [0.5, 0.6) is 17.2 Å². The third-order valence-electron chi connectivity index (χ3n) is 3.86. The second-order valence-corrected chi connectivity index (χ2v) is 7.49. The molecule has 0 unspecified atom stereocenters.